The summed E-state index contributed by atoms with van der Waals surface area (Å²) in [4.78, 5) is 73.1. The summed E-state index contributed by atoms with van der Waals surface area (Å²) in [5.74, 6) is -1.29. The van der Waals surface area contributed by atoms with Gasteiger partial charge in [0, 0.05) is 25.7 Å². The van der Waals surface area contributed by atoms with Crippen molar-refractivity contribution in [3.8, 4) is 0 Å². The number of hydrogen-bond donors (Lipinski definition) is 3. The Balaban J connectivity index is 5.21. The van der Waals surface area contributed by atoms with Crippen molar-refractivity contribution < 1.29 is 80.2 Å². The first-order valence-electron chi connectivity index (χ1n) is 44.1. The van der Waals surface area contributed by atoms with Crippen LogP contribution in [0.15, 0.2) is 0 Å². The monoisotopic (exact) mass is 1520 g/mol. The number of aliphatic hydroxyl groups is 1. The number of rotatable bonds is 85. The lowest BCUT2D eigenvalue weighted by atomic mass is 10.0. The predicted octanol–water partition coefficient (Wildman–Crippen LogP) is 26.0. The van der Waals surface area contributed by atoms with Gasteiger partial charge in [-0.25, -0.2) is 9.13 Å². The minimum absolute atomic E-state index is 0.109. The van der Waals surface area contributed by atoms with E-state index in [0.717, 1.165) is 95.8 Å². The van der Waals surface area contributed by atoms with Crippen LogP contribution in [-0.2, 0) is 65.4 Å². The van der Waals surface area contributed by atoms with Crippen LogP contribution in [0, 0.1) is 5.92 Å². The Hall–Kier alpha value is -1.94. The predicted molar refractivity (Wildman–Crippen MR) is 428 cm³/mol. The van der Waals surface area contributed by atoms with Crippen molar-refractivity contribution in [1.29, 1.82) is 0 Å². The minimum atomic E-state index is -4.96. The molecular weight excluding hydrogens is 1350 g/mol. The van der Waals surface area contributed by atoms with Crippen LogP contribution < -0.4 is 0 Å². The first-order chi connectivity index (χ1) is 50.5. The van der Waals surface area contributed by atoms with Gasteiger partial charge in [0.25, 0.3) is 0 Å². The molecule has 0 saturated heterocycles. The number of phosphoric acid groups is 2. The lowest BCUT2D eigenvalue weighted by Gasteiger charge is -2.21. The maximum absolute atomic E-state index is 13.1. The Bertz CT molecular complexity index is 1980. The van der Waals surface area contributed by atoms with E-state index in [0.29, 0.717) is 25.7 Å². The van der Waals surface area contributed by atoms with Gasteiger partial charge in [-0.2, -0.15) is 0 Å². The second kappa shape index (κ2) is 77.8. The molecule has 0 aromatic heterocycles. The molecule has 5 atom stereocenters. The Morgan fingerprint density at radius 3 is 0.654 bits per heavy atom. The van der Waals surface area contributed by atoms with Crippen molar-refractivity contribution in [3.05, 3.63) is 0 Å². The molecule has 0 aliphatic heterocycles. The zero-order valence-corrected chi connectivity index (χ0v) is 70.0. The normalized spacial score (nSPS) is 13.8. The van der Waals surface area contributed by atoms with Crippen molar-refractivity contribution in [2.45, 2.75) is 477 Å². The first-order valence-corrected chi connectivity index (χ1v) is 47.1. The Morgan fingerprint density at radius 1 is 0.260 bits per heavy atom. The number of aliphatic hydroxyl groups excluding tert-OH is 1. The van der Waals surface area contributed by atoms with E-state index in [1.165, 1.54) is 283 Å². The number of phosphoric ester groups is 2. The highest BCUT2D eigenvalue weighted by molar-refractivity contribution is 7.47. The Labute approximate surface area is 638 Å². The van der Waals surface area contributed by atoms with E-state index in [-0.39, 0.29) is 25.7 Å². The average molecular weight is 1520 g/mol. The average Bonchev–Trinajstić information content (AvgIpc) is 0.907. The molecular formula is C85H166O17P2. The summed E-state index contributed by atoms with van der Waals surface area (Å²) in [6, 6.07) is 0. The van der Waals surface area contributed by atoms with Crippen LogP contribution in [0.4, 0.5) is 0 Å². The number of carbonyl (C=O) groups is 4. The zero-order chi connectivity index (χ0) is 76.2. The molecule has 0 bridgehead atoms. The smallest absolute Gasteiger partial charge is 0.462 e. The highest BCUT2D eigenvalue weighted by Crippen LogP contribution is 2.45. The second-order valence-corrected chi connectivity index (χ2v) is 34.0. The molecule has 0 aliphatic carbocycles. The summed E-state index contributed by atoms with van der Waals surface area (Å²) in [6.07, 6.45) is 70.8. The second-order valence-electron chi connectivity index (χ2n) is 31.1. The van der Waals surface area contributed by atoms with Gasteiger partial charge in [-0.15, -0.1) is 0 Å². The SMILES string of the molecule is CCCCCCCCCCCCCCCCCCCCCC(=O)O[C@H](COC(=O)CCCCCCCCCCCCCCCCCC(C)C)COP(=O)(O)OC[C@@H](O)COP(=O)(O)OC[C@@H](COC(=O)CCCCCCCCCCC)OC(=O)CCCCCCCCCCCCCCCCCCCC. The third-order valence-corrected chi connectivity index (χ3v) is 21.9. The number of unbranched alkanes of at least 4 members (excludes halogenated alkanes) is 57. The van der Waals surface area contributed by atoms with Gasteiger partial charge < -0.3 is 33.8 Å². The van der Waals surface area contributed by atoms with Gasteiger partial charge in [-0.1, -0.05) is 407 Å². The summed E-state index contributed by atoms with van der Waals surface area (Å²) in [6.45, 7) is 7.37. The van der Waals surface area contributed by atoms with Crippen LogP contribution in [0.1, 0.15) is 458 Å². The van der Waals surface area contributed by atoms with Crippen LogP contribution in [0.3, 0.4) is 0 Å². The van der Waals surface area contributed by atoms with E-state index in [1.807, 2.05) is 0 Å². The molecule has 0 aromatic rings. The Kier molecular flexibility index (Phi) is 76.3. The van der Waals surface area contributed by atoms with Crippen molar-refractivity contribution in [3.63, 3.8) is 0 Å². The fraction of sp³-hybridized carbons (Fsp3) is 0.953. The minimum Gasteiger partial charge on any atom is -0.462 e. The van der Waals surface area contributed by atoms with Gasteiger partial charge in [0.15, 0.2) is 12.2 Å². The number of esters is 4. The summed E-state index contributed by atoms with van der Waals surface area (Å²) in [7, 11) is -9.92. The van der Waals surface area contributed by atoms with E-state index in [1.54, 1.807) is 0 Å². The van der Waals surface area contributed by atoms with E-state index < -0.39 is 97.5 Å². The van der Waals surface area contributed by atoms with Gasteiger partial charge in [0.1, 0.15) is 19.3 Å². The lowest BCUT2D eigenvalue weighted by molar-refractivity contribution is -0.161. The highest BCUT2D eigenvalue weighted by Gasteiger charge is 2.30. The first kappa shape index (κ1) is 102. The van der Waals surface area contributed by atoms with Gasteiger partial charge >= 0.3 is 39.5 Å². The molecule has 0 amide bonds. The largest absolute Gasteiger partial charge is 0.472 e. The highest BCUT2D eigenvalue weighted by atomic mass is 31.2. The van der Waals surface area contributed by atoms with Crippen molar-refractivity contribution >= 4 is 39.5 Å². The molecule has 0 aliphatic rings. The molecule has 3 N–H and O–H groups in total. The van der Waals surface area contributed by atoms with Crippen LogP contribution >= 0.6 is 15.6 Å². The summed E-state index contributed by atoms with van der Waals surface area (Å²) in [5, 5.41) is 10.7. The molecule has 0 heterocycles. The van der Waals surface area contributed by atoms with E-state index in [2.05, 4.69) is 34.6 Å². The molecule has 2 unspecified atom stereocenters. The molecule has 17 nitrogen and oxygen atoms in total. The van der Waals surface area contributed by atoms with Crippen LogP contribution in [0.25, 0.3) is 0 Å². The Morgan fingerprint density at radius 2 is 0.442 bits per heavy atom. The van der Waals surface area contributed by atoms with Crippen LogP contribution in [0.5, 0.6) is 0 Å². The zero-order valence-electron chi connectivity index (χ0n) is 68.2. The topological polar surface area (TPSA) is 237 Å². The van der Waals surface area contributed by atoms with Gasteiger partial charge in [0.05, 0.1) is 26.4 Å². The summed E-state index contributed by atoms with van der Waals surface area (Å²) >= 11 is 0. The van der Waals surface area contributed by atoms with Crippen LogP contribution in [-0.4, -0.2) is 96.7 Å². The fourth-order valence-corrected chi connectivity index (χ4v) is 14.9. The summed E-state index contributed by atoms with van der Waals surface area (Å²) < 4.78 is 68.8. The summed E-state index contributed by atoms with van der Waals surface area (Å²) in [5.41, 5.74) is 0. The quantitative estimate of drug-likeness (QED) is 0.0222. The maximum atomic E-state index is 13.1. The van der Waals surface area contributed by atoms with E-state index in [4.69, 9.17) is 37.0 Å². The molecule has 19 heteroatoms. The molecule has 0 spiro atoms. The molecule has 0 aromatic carbocycles. The fourth-order valence-electron chi connectivity index (χ4n) is 13.3. The number of ether oxygens (including phenoxy) is 4. The van der Waals surface area contributed by atoms with Crippen molar-refractivity contribution in [2.24, 2.45) is 5.92 Å². The molecule has 0 radical (unpaired) electrons. The van der Waals surface area contributed by atoms with E-state index >= 15 is 0 Å². The van der Waals surface area contributed by atoms with E-state index in [9.17, 15) is 43.2 Å². The number of carbonyl (C=O) groups excluding carboxylic acids is 4. The van der Waals surface area contributed by atoms with Crippen molar-refractivity contribution in [2.75, 3.05) is 39.6 Å². The van der Waals surface area contributed by atoms with Crippen LogP contribution in [0.2, 0.25) is 0 Å². The maximum Gasteiger partial charge on any atom is 0.472 e. The lowest BCUT2D eigenvalue weighted by Crippen LogP contribution is -2.30. The van der Waals surface area contributed by atoms with Gasteiger partial charge in [-0.05, 0) is 31.6 Å². The third-order valence-electron chi connectivity index (χ3n) is 20.0. The molecule has 104 heavy (non-hydrogen) atoms. The molecule has 0 fully saturated rings. The standard InChI is InChI=1S/C85H166O17P2/c1-6-9-12-15-18-21-23-25-27-29-31-33-37-42-46-51-56-61-66-71-85(90)102-81(75-96-83(88)69-64-59-54-49-44-40-38-34-35-39-43-48-52-57-62-67-78(4)5)77-100-104(93,94)98-73-79(86)72-97-103(91,92)99-76-80(74-95-82(87)68-63-58-53-47-20-17-14-11-8-3)101-84(89)70-65-60-55-50-45-41-36-32-30-28-26-24-22-19-16-13-10-7-2/h78-81,86H,6-77H2,1-5H3,(H,91,92)(H,93,94)/t79-,80+,81+/m0/s1. The van der Waals surface area contributed by atoms with Gasteiger partial charge in [-0.3, -0.25) is 37.3 Å². The van der Waals surface area contributed by atoms with Gasteiger partial charge in [0.2, 0.25) is 0 Å². The molecule has 0 saturated carbocycles. The molecule has 618 valence electrons. The van der Waals surface area contributed by atoms with Crippen molar-refractivity contribution in [1.82, 2.24) is 0 Å². The molecule has 0 rings (SSSR count). The third kappa shape index (κ3) is 78.2. The number of hydrogen-bond acceptors (Lipinski definition) is 15.